The fourth-order valence-electron chi connectivity index (χ4n) is 5.50. The molecule has 2 aliphatic rings. The Labute approximate surface area is 206 Å². The van der Waals surface area contributed by atoms with Crippen molar-refractivity contribution in [3.63, 3.8) is 0 Å². The van der Waals surface area contributed by atoms with E-state index in [9.17, 15) is 14.8 Å². The molecular weight excluding hydrogens is 450 g/mol. The summed E-state index contributed by atoms with van der Waals surface area (Å²) in [5.41, 5.74) is 10.1. The molecule has 1 unspecified atom stereocenters. The number of carbonyl (C=O) groups is 2. The predicted molar refractivity (Wildman–Crippen MR) is 134 cm³/mol. The molecule has 1 fully saturated rings. The first kappa shape index (κ1) is 28.0. The van der Waals surface area contributed by atoms with E-state index < -0.39 is 11.9 Å². The van der Waals surface area contributed by atoms with Crippen LogP contribution in [0.5, 0.6) is 0 Å². The van der Waals surface area contributed by atoms with Crippen molar-refractivity contribution in [2.75, 3.05) is 13.2 Å². The maximum Gasteiger partial charge on any atom is 0.328 e. The average Bonchev–Trinajstić information content (AvgIpc) is 2.80. The second-order valence-corrected chi connectivity index (χ2v) is 9.92. The number of carboxylic acids is 2. The zero-order chi connectivity index (χ0) is 26.2. The molecule has 0 spiro atoms. The monoisotopic (exact) mass is 487 g/mol. The summed E-state index contributed by atoms with van der Waals surface area (Å²) in [4.78, 5) is 24.4. The minimum absolute atomic E-state index is 0.0719. The highest BCUT2D eigenvalue weighted by molar-refractivity contribution is 5.95. The lowest BCUT2D eigenvalue weighted by Crippen LogP contribution is -2.54. The third-order valence-electron chi connectivity index (χ3n) is 6.95. The van der Waals surface area contributed by atoms with Gasteiger partial charge in [0.2, 0.25) is 0 Å². The van der Waals surface area contributed by atoms with Crippen molar-refractivity contribution in [2.45, 2.75) is 64.7 Å². The molecule has 0 bridgehead atoms. The van der Waals surface area contributed by atoms with Crippen LogP contribution in [0.25, 0.3) is 0 Å². The number of oxime groups is 2. The molecule has 9 heteroatoms. The van der Waals surface area contributed by atoms with Crippen molar-refractivity contribution in [1.29, 1.82) is 0 Å². The highest BCUT2D eigenvalue weighted by Crippen LogP contribution is 2.55. The normalized spacial score (nSPS) is 26.8. The molecule has 1 aromatic carbocycles. The number of benzene rings is 1. The Bertz CT molecular complexity index is 987. The van der Waals surface area contributed by atoms with Gasteiger partial charge in [-0.05, 0) is 35.4 Å². The first-order valence-corrected chi connectivity index (χ1v) is 11.8. The zero-order valence-corrected chi connectivity index (χ0v) is 20.9. The number of hydrogen-bond acceptors (Lipinski definition) is 7. The van der Waals surface area contributed by atoms with E-state index in [-0.39, 0.29) is 16.7 Å². The summed E-state index contributed by atoms with van der Waals surface area (Å²) in [6.07, 6.45) is 6.92. The van der Waals surface area contributed by atoms with Crippen molar-refractivity contribution < 1.29 is 29.8 Å². The van der Waals surface area contributed by atoms with E-state index in [0.29, 0.717) is 37.6 Å². The van der Waals surface area contributed by atoms with Crippen LogP contribution in [0.3, 0.4) is 0 Å². The maximum atomic E-state index is 9.89. The van der Waals surface area contributed by atoms with Crippen LogP contribution in [0.2, 0.25) is 0 Å². The molecule has 3 atom stereocenters. The minimum atomic E-state index is -1.26. The van der Waals surface area contributed by atoms with E-state index >= 15 is 0 Å². The van der Waals surface area contributed by atoms with Gasteiger partial charge in [-0.15, -0.1) is 0 Å². The zero-order valence-electron chi connectivity index (χ0n) is 20.9. The molecule has 1 aromatic rings. The van der Waals surface area contributed by atoms with Gasteiger partial charge in [-0.2, -0.15) is 0 Å². The summed E-state index contributed by atoms with van der Waals surface area (Å²) < 4.78 is 0. The van der Waals surface area contributed by atoms with E-state index in [4.69, 9.17) is 20.8 Å². The molecule has 0 heterocycles. The lowest BCUT2D eigenvalue weighted by molar-refractivity contribution is -0.134. The summed E-state index contributed by atoms with van der Waals surface area (Å²) in [6.45, 7) is 9.82. The lowest BCUT2D eigenvalue weighted by Gasteiger charge is -2.54. The van der Waals surface area contributed by atoms with Crippen molar-refractivity contribution in [3.05, 3.63) is 47.0 Å². The molecule has 9 nitrogen and oxygen atoms in total. The lowest BCUT2D eigenvalue weighted by atomic mass is 9.49. The standard InChI is InChI=1S/C22H33N3O2.C4H4O4/c1-15(2)16-6-7-18-17(12-16)13-19(25-26)20-21(3,14-24-27-11-10-23)8-5-9-22(18,20)4;5-3(6)1-2-4(7)8/h6-7,12,14-15,20,26H,5,8-11,13,23H2,1-4H3;1-2H,(H,5,6)(H,7,8)/b;2-1+/t20?,21-,22-;/m1./s1. The maximum absolute atomic E-state index is 9.89. The summed E-state index contributed by atoms with van der Waals surface area (Å²) in [6, 6.07) is 6.87. The Kier molecular flexibility index (Phi) is 9.59. The highest BCUT2D eigenvalue weighted by atomic mass is 16.6. The topological polar surface area (TPSA) is 155 Å². The molecule has 0 aliphatic heterocycles. The van der Waals surface area contributed by atoms with Gasteiger partial charge in [0, 0.05) is 41.9 Å². The van der Waals surface area contributed by atoms with Gasteiger partial charge in [-0.25, -0.2) is 9.59 Å². The fourth-order valence-corrected chi connectivity index (χ4v) is 5.50. The number of carboxylic acid groups (broad SMARTS) is 2. The Morgan fingerprint density at radius 3 is 2.40 bits per heavy atom. The first-order chi connectivity index (χ1) is 16.5. The van der Waals surface area contributed by atoms with Gasteiger partial charge in [-0.3, -0.25) is 0 Å². The molecule has 1 saturated carbocycles. The smallest absolute Gasteiger partial charge is 0.328 e. The number of nitrogens with zero attached hydrogens (tertiary/aromatic N) is 2. The first-order valence-electron chi connectivity index (χ1n) is 11.8. The third-order valence-corrected chi connectivity index (χ3v) is 6.95. The van der Waals surface area contributed by atoms with Crippen molar-refractivity contribution in [2.24, 2.45) is 27.4 Å². The quantitative estimate of drug-likeness (QED) is 0.149. The average molecular weight is 488 g/mol. The van der Waals surface area contributed by atoms with Gasteiger partial charge in [-0.1, -0.05) is 62.6 Å². The van der Waals surface area contributed by atoms with Gasteiger partial charge in [0.15, 0.2) is 0 Å². The van der Waals surface area contributed by atoms with E-state index in [1.807, 2.05) is 6.21 Å². The molecule has 3 rings (SSSR count). The van der Waals surface area contributed by atoms with Crippen LogP contribution in [-0.2, 0) is 26.3 Å². The molecule has 5 N–H and O–H groups in total. The summed E-state index contributed by atoms with van der Waals surface area (Å²) in [5, 5.41) is 33.5. The van der Waals surface area contributed by atoms with Gasteiger partial charge in [0.1, 0.15) is 6.61 Å². The molecular formula is C26H37N3O6. The van der Waals surface area contributed by atoms with Crippen LogP contribution in [0.4, 0.5) is 0 Å². The van der Waals surface area contributed by atoms with Crippen molar-refractivity contribution in [1.82, 2.24) is 0 Å². The molecule has 0 saturated heterocycles. The van der Waals surface area contributed by atoms with Crippen LogP contribution in [-0.4, -0.2) is 52.4 Å². The number of nitrogens with two attached hydrogens (primary N) is 1. The largest absolute Gasteiger partial charge is 0.478 e. The molecule has 2 aliphatic carbocycles. The molecule has 0 radical (unpaired) electrons. The minimum Gasteiger partial charge on any atom is -0.478 e. The van der Waals surface area contributed by atoms with E-state index in [2.05, 4.69) is 56.2 Å². The van der Waals surface area contributed by atoms with E-state index in [1.54, 1.807) is 0 Å². The Balaban J connectivity index is 0.000000466. The van der Waals surface area contributed by atoms with Crippen molar-refractivity contribution in [3.8, 4) is 0 Å². The third kappa shape index (κ3) is 6.69. The van der Waals surface area contributed by atoms with Gasteiger partial charge < -0.3 is 26.0 Å². The Morgan fingerprint density at radius 1 is 1.20 bits per heavy atom. The van der Waals surface area contributed by atoms with Gasteiger partial charge in [0.05, 0.1) is 11.9 Å². The SMILES string of the molecule is CC(C)c1ccc2c(c1)CC(=NO)C1[C@@](C)(C=NOCCN)CCC[C@]21C.O=C(O)/C=C/C(=O)O. The van der Waals surface area contributed by atoms with Crippen LogP contribution >= 0.6 is 0 Å². The number of rotatable bonds is 7. The van der Waals surface area contributed by atoms with Crippen LogP contribution in [0.15, 0.2) is 40.7 Å². The second kappa shape index (κ2) is 12.0. The summed E-state index contributed by atoms with van der Waals surface area (Å²) in [7, 11) is 0. The van der Waals surface area contributed by atoms with Crippen molar-refractivity contribution >= 4 is 23.9 Å². The van der Waals surface area contributed by atoms with Crippen LogP contribution in [0.1, 0.15) is 69.6 Å². The summed E-state index contributed by atoms with van der Waals surface area (Å²) >= 11 is 0. The summed E-state index contributed by atoms with van der Waals surface area (Å²) in [5.74, 6) is -1.93. The fraction of sp³-hybridized carbons (Fsp3) is 0.538. The number of hydrogen-bond donors (Lipinski definition) is 4. The van der Waals surface area contributed by atoms with Crippen LogP contribution in [0, 0.1) is 11.3 Å². The van der Waals surface area contributed by atoms with E-state index in [0.717, 1.165) is 25.0 Å². The van der Waals surface area contributed by atoms with Gasteiger partial charge >= 0.3 is 11.9 Å². The predicted octanol–water partition coefficient (Wildman–Crippen LogP) is 3.93. The Morgan fingerprint density at radius 2 is 1.86 bits per heavy atom. The number of aliphatic carboxylic acids is 2. The Hall–Kier alpha value is -3.20. The molecule has 0 aromatic heterocycles. The second-order valence-electron chi connectivity index (χ2n) is 9.92. The molecule has 35 heavy (non-hydrogen) atoms. The highest BCUT2D eigenvalue weighted by Gasteiger charge is 2.54. The van der Waals surface area contributed by atoms with Crippen LogP contribution < -0.4 is 5.73 Å². The number of fused-ring (bicyclic) bond motifs is 3. The van der Waals surface area contributed by atoms with E-state index in [1.165, 1.54) is 16.7 Å². The van der Waals surface area contributed by atoms with Gasteiger partial charge in [0.25, 0.3) is 0 Å². The molecule has 0 amide bonds. The molecule has 192 valence electrons.